The molecule has 0 spiro atoms. The zero-order valence-corrected chi connectivity index (χ0v) is 11.3. The molecule has 10 heteroatoms. The molecular weight excluding hydrogens is 330 g/mol. The van der Waals surface area contributed by atoms with E-state index in [1.54, 1.807) is 0 Å². The lowest BCUT2D eigenvalue weighted by molar-refractivity contribution is -0.187. The molecule has 0 aliphatic carbocycles. The van der Waals surface area contributed by atoms with Gasteiger partial charge in [0.2, 0.25) is 0 Å². The minimum absolute atomic E-state index is 0.107. The van der Waals surface area contributed by atoms with E-state index in [2.05, 4.69) is 0 Å². The van der Waals surface area contributed by atoms with Gasteiger partial charge in [0.1, 0.15) is 6.54 Å². The number of hydrogen-bond donors (Lipinski definition) is 1. The molecule has 4 nitrogen and oxygen atoms in total. The lowest BCUT2D eigenvalue weighted by Crippen LogP contribution is -2.43. The molecule has 0 saturated carbocycles. The van der Waals surface area contributed by atoms with E-state index in [9.17, 15) is 22.8 Å². The zero-order chi connectivity index (χ0) is 14.8. The summed E-state index contributed by atoms with van der Waals surface area (Å²) in [7, 11) is 0. The van der Waals surface area contributed by atoms with Crippen LogP contribution in [0.4, 0.5) is 13.2 Å². The van der Waals surface area contributed by atoms with E-state index in [1.807, 2.05) is 0 Å². The van der Waals surface area contributed by atoms with Crippen molar-refractivity contribution in [3.8, 4) is 0 Å². The highest BCUT2D eigenvalue weighted by Gasteiger charge is 2.43. The second kappa shape index (κ2) is 5.98. The van der Waals surface area contributed by atoms with Crippen molar-refractivity contribution >= 4 is 46.4 Å². The minimum atomic E-state index is -5.15. The third kappa shape index (κ3) is 4.55. The lowest BCUT2D eigenvalue weighted by Gasteiger charge is -2.21. The number of carboxylic acids is 1. The van der Waals surface area contributed by atoms with Crippen molar-refractivity contribution < 1.29 is 27.9 Å². The molecule has 106 valence electrons. The summed E-state index contributed by atoms with van der Waals surface area (Å²) in [5.74, 6) is -3.80. The number of amides is 1. The molecule has 0 aromatic carbocycles. The summed E-state index contributed by atoms with van der Waals surface area (Å²) < 4.78 is 37.3. The Morgan fingerprint density at radius 3 is 2.32 bits per heavy atom. The van der Waals surface area contributed by atoms with Crippen molar-refractivity contribution in [1.29, 1.82) is 0 Å². The summed E-state index contributed by atoms with van der Waals surface area (Å²) in [4.78, 5) is 21.7. The van der Waals surface area contributed by atoms with E-state index in [0.717, 1.165) is 11.3 Å². The van der Waals surface area contributed by atoms with Crippen LogP contribution in [-0.4, -0.2) is 34.6 Å². The molecule has 0 atom stereocenters. The topological polar surface area (TPSA) is 57.6 Å². The second-order valence-corrected chi connectivity index (χ2v) is 5.69. The molecule has 0 unspecified atom stereocenters. The molecule has 0 saturated heterocycles. The first-order chi connectivity index (χ1) is 8.61. The van der Waals surface area contributed by atoms with Gasteiger partial charge in [-0.3, -0.25) is 9.59 Å². The van der Waals surface area contributed by atoms with E-state index in [1.165, 1.54) is 6.07 Å². The molecule has 0 aliphatic rings. The average Bonchev–Trinajstić information content (AvgIpc) is 2.53. The molecule has 19 heavy (non-hydrogen) atoms. The standard InChI is InChI=1S/C9H6Cl2F3NO3S/c10-5-1-4(7(11)19-5)2-15(3-6(16)17)8(18)9(12,13)14/h1H,2-3H2,(H,16,17). The SMILES string of the molecule is O=C(O)CN(Cc1cc(Cl)sc1Cl)C(=O)C(F)(F)F. The summed E-state index contributed by atoms with van der Waals surface area (Å²) >= 11 is 12.2. The van der Waals surface area contributed by atoms with Crippen LogP contribution in [0.5, 0.6) is 0 Å². The highest BCUT2D eigenvalue weighted by molar-refractivity contribution is 7.20. The highest BCUT2D eigenvalue weighted by Crippen LogP contribution is 2.32. The Bertz CT molecular complexity index is 503. The molecule has 1 aromatic heterocycles. The fourth-order valence-corrected chi connectivity index (χ4v) is 2.70. The van der Waals surface area contributed by atoms with Crippen LogP contribution >= 0.6 is 34.5 Å². The Morgan fingerprint density at radius 1 is 1.37 bits per heavy atom. The quantitative estimate of drug-likeness (QED) is 0.920. The molecule has 1 rings (SSSR count). The summed E-state index contributed by atoms with van der Waals surface area (Å²) in [5, 5.41) is 8.53. The van der Waals surface area contributed by atoms with Crippen LogP contribution in [0.25, 0.3) is 0 Å². The normalized spacial score (nSPS) is 11.4. The highest BCUT2D eigenvalue weighted by atomic mass is 35.5. The molecule has 0 radical (unpaired) electrons. The molecule has 0 bridgehead atoms. The number of rotatable bonds is 4. The number of alkyl halides is 3. The lowest BCUT2D eigenvalue weighted by atomic mass is 10.3. The smallest absolute Gasteiger partial charge is 0.471 e. The first-order valence-corrected chi connectivity index (χ1v) is 6.20. The fraction of sp³-hybridized carbons (Fsp3) is 0.333. The maximum atomic E-state index is 12.3. The first-order valence-electron chi connectivity index (χ1n) is 4.63. The van der Waals surface area contributed by atoms with E-state index in [4.69, 9.17) is 28.3 Å². The molecule has 1 N–H and O–H groups in total. The van der Waals surface area contributed by atoms with Crippen LogP contribution < -0.4 is 0 Å². The fourth-order valence-electron chi connectivity index (χ4n) is 1.23. The van der Waals surface area contributed by atoms with Crippen LogP contribution in [0.15, 0.2) is 6.07 Å². The number of halogens is 5. The van der Waals surface area contributed by atoms with Gasteiger partial charge in [0.15, 0.2) is 0 Å². The Hall–Kier alpha value is -0.990. The maximum Gasteiger partial charge on any atom is 0.471 e. The van der Waals surface area contributed by atoms with E-state index >= 15 is 0 Å². The number of nitrogens with zero attached hydrogens (tertiary/aromatic N) is 1. The number of carbonyl (C=O) groups excluding carboxylic acids is 1. The minimum Gasteiger partial charge on any atom is -0.480 e. The van der Waals surface area contributed by atoms with Gasteiger partial charge in [-0.25, -0.2) is 0 Å². The predicted octanol–water partition coefficient (Wildman–Crippen LogP) is 3.03. The number of carboxylic acid groups (broad SMARTS) is 1. The molecule has 0 aliphatic heterocycles. The van der Waals surface area contributed by atoms with E-state index in [-0.39, 0.29) is 19.1 Å². The second-order valence-electron chi connectivity index (χ2n) is 3.40. The molecular formula is C9H6Cl2F3NO3S. The first kappa shape index (κ1) is 16.1. The Balaban J connectivity index is 2.95. The van der Waals surface area contributed by atoms with Crippen LogP contribution in [0.3, 0.4) is 0 Å². The third-order valence-electron chi connectivity index (χ3n) is 1.94. The van der Waals surface area contributed by atoms with Crippen molar-refractivity contribution in [3.05, 3.63) is 20.3 Å². The largest absolute Gasteiger partial charge is 0.480 e. The number of aliphatic carboxylic acids is 1. The summed E-state index contributed by atoms with van der Waals surface area (Å²) in [6.45, 7) is -1.66. The van der Waals surface area contributed by atoms with Gasteiger partial charge < -0.3 is 10.0 Å². The van der Waals surface area contributed by atoms with Gasteiger partial charge in [-0.2, -0.15) is 13.2 Å². The summed E-state index contributed by atoms with van der Waals surface area (Å²) in [6.07, 6.45) is -5.15. The summed E-state index contributed by atoms with van der Waals surface area (Å²) in [6, 6.07) is 1.28. The zero-order valence-electron chi connectivity index (χ0n) is 9.00. The summed E-state index contributed by atoms with van der Waals surface area (Å²) in [5.41, 5.74) is 0.163. The molecule has 1 aromatic rings. The Labute approximate surface area is 119 Å². The van der Waals surface area contributed by atoms with Gasteiger partial charge >= 0.3 is 18.1 Å². The Morgan fingerprint density at radius 2 is 1.95 bits per heavy atom. The monoisotopic (exact) mass is 335 g/mol. The number of hydrogen-bond acceptors (Lipinski definition) is 3. The van der Waals surface area contributed by atoms with Gasteiger partial charge in [0.05, 0.1) is 8.67 Å². The number of thiophene rings is 1. The maximum absolute atomic E-state index is 12.3. The number of carbonyl (C=O) groups is 2. The van der Waals surface area contributed by atoms with E-state index < -0.39 is 31.1 Å². The van der Waals surface area contributed by atoms with Crippen molar-refractivity contribution in [3.63, 3.8) is 0 Å². The van der Waals surface area contributed by atoms with Gasteiger partial charge in [-0.1, -0.05) is 23.2 Å². The third-order valence-corrected chi connectivity index (χ3v) is 3.51. The average molecular weight is 336 g/mol. The van der Waals surface area contributed by atoms with Crippen molar-refractivity contribution in [2.45, 2.75) is 12.7 Å². The van der Waals surface area contributed by atoms with Crippen molar-refractivity contribution in [2.24, 2.45) is 0 Å². The van der Waals surface area contributed by atoms with Crippen LogP contribution in [0.1, 0.15) is 5.56 Å². The van der Waals surface area contributed by atoms with Gasteiger partial charge in [0, 0.05) is 12.1 Å². The molecule has 1 heterocycles. The predicted molar refractivity (Wildman–Crippen MR) is 63.4 cm³/mol. The van der Waals surface area contributed by atoms with Gasteiger partial charge in [-0.15, -0.1) is 11.3 Å². The van der Waals surface area contributed by atoms with Crippen molar-refractivity contribution in [1.82, 2.24) is 4.90 Å². The van der Waals surface area contributed by atoms with Crippen LogP contribution in [0, 0.1) is 0 Å². The van der Waals surface area contributed by atoms with Gasteiger partial charge in [-0.05, 0) is 6.07 Å². The van der Waals surface area contributed by atoms with E-state index in [0.29, 0.717) is 0 Å². The molecule has 0 fully saturated rings. The van der Waals surface area contributed by atoms with Crippen LogP contribution in [-0.2, 0) is 16.1 Å². The van der Waals surface area contributed by atoms with Gasteiger partial charge in [0.25, 0.3) is 0 Å². The Kier molecular flexibility index (Phi) is 5.05. The van der Waals surface area contributed by atoms with Crippen LogP contribution in [0.2, 0.25) is 8.67 Å². The molecule has 1 amide bonds. The van der Waals surface area contributed by atoms with Crippen molar-refractivity contribution in [2.75, 3.05) is 6.54 Å².